The van der Waals surface area contributed by atoms with Gasteiger partial charge in [0.05, 0.1) is 0 Å². The molecule has 1 aliphatic rings. The second-order valence-electron chi connectivity index (χ2n) is 4.80. The zero-order chi connectivity index (χ0) is 15.5. The van der Waals surface area contributed by atoms with Crippen LogP contribution in [-0.4, -0.2) is 21.5 Å². The normalized spacial score (nSPS) is 16.6. The molecule has 1 aliphatic carbocycles. The van der Waals surface area contributed by atoms with Gasteiger partial charge in [0.1, 0.15) is 17.5 Å². The van der Waals surface area contributed by atoms with E-state index in [0.717, 1.165) is 0 Å². The number of alkyl halides is 2. The third-order valence-electron chi connectivity index (χ3n) is 3.23. The summed E-state index contributed by atoms with van der Waals surface area (Å²) in [4.78, 5) is 11.3. The summed E-state index contributed by atoms with van der Waals surface area (Å²) in [6.45, 7) is 7.29. The lowest BCUT2D eigenvalue weighted by molar-refractivity contribution is -0.114. The fourth-order valence-electron chi connectivity index (χ4n) is 2.32. The molecule has 0 unspecified atom stereocenters. The van der Waals surface area contributed by atoms with Gasteiger partial charge in [0, 0.05) is 31.9 Å². The molecular weight excluding hydrogens is 264 g/mol. The van der Waals surface area contributed by atoms with E-state index < -0.39 is 5.92 Å². The smallest absolute Gasteiger partial charge is 0.248 e. The van der Waals surface area contributed by atoms with Gasteiger partial charge in [0.2, 0.25) is 5.92 Å². The van der Waals surface area contributed by atoms with Crippen LogP contribution < -0.4 is 0 Å². The molecule has 0 saturated heterocycles. The predicted molar refractivity (Wildman–Crippen MR) is 70.7 cm³/mol. The number of carbonyl (C=O) groups excluding carboxylic acids is 1. The SMILES string of the molecule is CC.CC(=O)c1nn(CC2CC(F)(F)C2)c(C#N)c1C. The summed E-state index contributed by atoms with van der Waals surface area (Å²) >= 11 is 0. The van der Waals surface area contributed by atoms with E-state index in [9.17, 15) is 13.6 Å². The highest BCUT2D eigenvalue weighted by atomic mass is 19.3. The van der Waals surface area contributed by atoms with E-state index in [1.54, 1.807) is 6.92 Å². The second kappa shape index (κ2) is 6.12. The molecule has 4 nitrogen and oxygen atoms in total. The van der Waals surface area contributed by atoms with Crippen molar-refractivity contribution in [3.05, 3.63) is 17.0 Å². The highest BCUT2D eigenvalue weighted by molar-refractivity contribution is 5.93. The van der Waals surface area contributed by atoms with Gasteiger partial charge in [-0.3, -0.25) is 9.48 Å². The van der Waals surface area contributed by atoms with E-state index in [2.05, 4.69) is 5.10 Å². The fraction of sp³-hybridized carbons (Fsp3) is 0.643. The monoisotopic (exact) mass is 283 g/mol. The van der Waals surface area contributed by atoms with Gasteiger partial charge in [0.25, 0.3) is 0 Å². The largest absolute Gasteiger partial charge is 0.293 e. The number of hydrogen-bond donors (Lipinski definition) is 0. The number of aromatic nitrogens is 2. The molecule has 0 amide bonds. The molecule has 20 heavy (non-hydrogen) atoms. The molecule has 0 bridgehead atoms. The first-order valence-corrected chi connectivity index (χ1v) is 6.70. The van der Waals surface area contributed by atoms with Crippen LogP contribution in [0.2, 0.25) is 0 Å². The Morgan fingerprint density at radius 2 is 2.05 bits per heavy atom. The average Bonchev–Trinajstić information content (AvgIpc) is 2.66. The number of carbonyl (C=O) groups is 1. The lowest BCUT2D eigenvalue weighted by Gasteiger charge is -2.34. The molecule has 6 heteroatoms. The topological polar surface area (TPSA) is 58.7 Å². The van der Waals surface area contributed by atoms with Gasteiger partial charge in [-0.05, 0) is 12.8 Å². The molecule has 1 aromatic heterocycles. The molecule has 0 spiro atoms. The van der Waals surface area contributed by atoms with Gasteiger partial charge in [-0.1, -0.05) is 13.8 Å². The maximum absolute atomic E-state index is 12.7. The van der Waals surface area contributed by atoms with E-state index >= 15 is 0 Å². The van der Waals surface area contributed by atoms with E-state index in [1.807, 2.05) is 19.9 Å². The first-order valence-electron chi connectivity index (χ1n) is 6.70. The average molecular weight is 283 g/mol. The molecule has 1 fully saturated rings. The summed E-state index contributed by atoms with van der Waals surface area (Å²) < 4.78 is 26.9. The zero-order valence-electron chi connectivity index (χ0n) is 12.2. The van der Waals surface area contributed by atoms with Crippen LogP contribution in [0.3, 0.4) is 0 Å². The second-order valence-corrected chi connectivity index (χ2v) is 4.80. The van der Waals surface area contributed by atoms with E-state index in [4.69, 9.17) is 5.26 Å². The van der Waals surface area contributed by atoms with Crippen molar-refractivity contribution < 1.29 is 13.6 Å². The Bertz CT molecular complexity index is 535. The summed E-state index contributed by atoms with van der Waals surface area (Å²) in [6.07, 6.45) is -0.349. The van der Waals surface area contributed by atoms with Crippen molar-refractivity contribution >= 4 is 5.78 Å². The molecule has 0 N–H and O–H groups in total. The number of rotatable bonds is 3. The third-order valence-corrected chi connectivity index (χ3v) is 3.23. The summed E-state index contributed by atoms with van der Waals surface area (Å²) in [6, 6.07) is 1.97. The number of Topliss-reactive ketones (excluding diaryl/α,β-unsaturated/α-hetero) is 1. The first kappa shape index (κ1) is 16.3. The summed E-state index contributed by atoms with van der Waals surface area (Å²) in [7, 11) is 0. The van der Waals surface area contributed by atoms with Crippen LogP contribution in [0.15, 0.2) is 0 Å². The van der Waals surface area contributed by atoms with Gasteiger partial charge < -0.3 is 0 Å². The minimum atomic E-state index is -2.58. The Morgan fingerprint density at radius 1 is 1.50 bits per heavy atom. The van der Waals surface area contributed by atoms with Gasteiger partial charge in [-0.25, -0.2) is 8.78 Å². The van der Waals surface area contributed by atoms with E-state index in [1.165, 1.54) is 11.6 Å². The lowest BCUT2D eigenvalue weighted by Crippen LogP contribution is -2.38. The standard InChI is InChI=1S/C12H13F2N3O.C2H6/c1-7-10(5-15)17(16-11(7)8(2)18)6-9-3-12(13,14)4-9;1-2/h9H,3-4,6H2,1-2H3;1-2H3. The molecule has 1 saturated carbocycles. The molecule has 1 aromatic rings. The Labute approximate surface area is 117 Å². The van der Waals surface area contributed by atoms with Gasteiger partial charge >= 0.3 is 0 Å². The van der Waals surface area contributed by atoms with Crippen LogP contribution in [0.5, 0.6) is 0 Å². The van der Waals surface area contributed by atoms with Crippen molar-refractivity contribution in [1.82, 2.24) is 9.78 Å². The van der Waals surface area contributed by atoms with Crippen molar-refractivity contribution in [2.45, 2.75) is 53.0 Å². The zero-order valence-corrected chi connectivity index (χ0v) is 12.2. The number of nitrogens with zero attached hydrogens (tertiary/aromatic N) is 3. The quantitative estimate of drug-likeness (QED) is 0.799. The molecule has 0 aliphatic heterocycles. The summed E-state index contributed by atoms with van der Waals surface area (Å²) in [5.74, 6) is -2.98. The number of ketones is 1. The van der Waals surface area contributed by atoms with Crippen LogP contribution in [0.4, 0.5) is 8.78 Å². The first-order chi connectivity index (χ1) is 9.34. The molecule has 0 aromatic carbocycles. The van der Waals surface area contributed by atoms with Gasteiger partial charge in [-0.2, -0.15) is 10.4 Å². The fourth-order valence-corrected chi connectivity index (χ4v) is 2.32. The van der Waals surface area contributed by atoms with Crippen LogP contribution in [0.1, 0.15) is 55.4 Å². The van der Waals surface area contributed by atoms with Crippen molar-refractivity contribution in [2.75, 3.05) is 0 Å². The third kappa shape index (κ3) is 3.21. The van der Waals surface area contributed by atoms with Crippen LogP contribution in [0.25, 0.3) is 0 Å². The summed E-state index contributed by atoms with van der Waals surface area (Å²) in [5.41, 5.74) is 1.06. The molecule has 110 valence electrons. The van der Waals surface area contributed by atoms with Crippen LogP contribution in [0, 0.1) is 24.2 Å². The van der Waals surface area contributed by atoms with Crippen molar-refractivity contribution in [2.24, 2.45) is 5.92 Å². The maximum Gasteiger partial charge on any atom is 0.248 e. The Balaban J connectivity index is 0.000000956. The number of nitriles is 1. The Morgan fingerprint density at radius 3 is 2.45 bits per heavy atom. The number of halogens is 2. The number of hydrogen-bond acceptors (Lipinski definition) is 3. The molecule has 0 atom stereocenters. The minimum absolute atomic E-state index is 0.174. The van der Waals surface area contributed by atoms with Gasteiger partial charge in [-0.15, -0.1) is 0 Å². The minimum Gasteiger partial charge on any atom is -0.293 e. The molecule has 2 rings (SSSR count). The van der Waals surface area contributed by atoms with E-state index in [0.29, 0.717) is 5.56 Å². The molecular formula is C14H19F2N3O. The van der Waals surface area contributed by atoms with Gasteiger partial charge in [0.15, 0.2) is 5.78 Å². The van der Waals surface area contributed by atoms with Crippen molar-refractivity contribution in [1.29, 1.82) is 5.26 Å². The molecule has 1 heterocycles. The van der Waals surface area contributed by atoms with Crippen LogP contribution in [-0.2, 0) is 6.54 Å². The highest BCUT2D eigenvalue weighted by Gasteiger charge is 2.45. The van der Waals surface area contributed by atoms with Crippen LogP contribution >= 0.6 is 0 Å². The maximum atomic E-state index is 12.7. The predicted octanol–water partition coefficient (Wildman–Crippen LogP) is 3.34. The lowest BCUT2D eigenvalue weighted by atomic mass is 9.81. The highest BCUT2D eigenvalue weighted by Crippen LogP contribution is 2.43. The van der Waals surface area contributed by atoms with Crippen molar-refractivity contribution in [3.63, 3.8) is 0 Å². The Hall–Kier alpha value is -1.77. The van der Waals surface area contributed by atoms with E-state index in [-0.39, 0.29) is 42.5 Å². The summed E-state index contributed by atoms with van der Waals surface area (Å²) in [5, 5.41) is 13.1. The van der Waals surface area contributed by atoms with Crippen molar-refractivity contribution in [3.8, 4) is 6.07 Å². The molecule has 0 radical (unpaired) electrons. The Kier molecular flexibility index (Phi) is 4.98.